The molecule has 0 bridgehead atoms. The summed E-state index contributed by atoms with van der Waals surface area (Å²) in [7, 11) is 0. The van der Waals surface area contributed by atoms with E-state index in [0.29, 0.717) is 11.3 Å². The van der Waals surface area contributed by atoms with Crippen LogP contribution in [0.5, 0.6) is 0 Å². The van der Waals surface area contributed by atoms with Gasteiger partial charge in [0.1, 0.15) is 0 Å². The molecule has 4 rings (SSSR count). The Bertz CT molecular complexity index is 562. The van der Waals surface area contributed by atoms with Crippen LogP contribution in [0, 0.1) is 11.3 Å². The van der Waals surface area contributed by atoms with Gasteiger partial charge in [-0.3, -0.25) is 9.69 Å². The van der Waals surface area contributed by atoms with Crippen LogP contribution in [0.1, 0.15) is 31.2 Å². The molecule has 130 valence electrons. The number of benzene rings is 1. The molecule has 1 aromatic rings. The lowest BCUT2D eigenvalue weighted by Gasteiger charge is -2.36. The van der Waals surface area contributed by atoms with Crippen LogP contribution in [0.2, 0.25) is 0 Å². The van der Waals surface area contributed by atoms with Gasteiger partial charge in [0.15, 0.2) is 0 Å². The van der Waals surface area contributed by atoms with Crippen molar-refractivity contribution in [3.8, 4) is 0 Å². The maximum atomic E-state index is 12.5. The number of carbonyl (C=O) groups is 1. The van der Waals surface area contributed by atoms with E-state index in [1.54, 1.807) is 0 Å². The Morgan fingerprint density at radius 2 is 2.04 bits per heavy atom. The molecule has 24 heavy (non-hydrogen) atoms. The maximum Gasteiger partial charge on any atom is 0.223 e. The SMILES string of the molecule is O=C(NCCc1ccccc1)C1CC12CCN(C1CCSC1)CC2. The lowest BCUT2D eigenvalue weighted by atomic mass is 9.89. The third kappa shape index (κ3) is 3.50. The average molecular weight is 345 g/mol. The fraction of sp³-hybridized carbons (Fsp3) is 0.650. The van der Waals surface area contributed by atoms with Crippen molar-refractivity contribution in [2.24, 2.45) is 11.3 Å². The molecule has 0 radical (unpaired) electrons. The Balaban J connectivity index is 1.20. The van der Waals surface area contributed by atoms with Gasteiger partial charge in [-0.05, 0) is 61.9 Å². The third-order valence-corrected chi connectivity index (χ3v) is 7.42. The summed E-state index contributed by atoms with van der Waals surface area (Å²) in [6, 6.07) is 11.2. The highest BCUT2D eigenvalue weighted by atomic mass is 32.2. The standard InChI is InChI=1S/C20H28N2OS/c23-19(21-10-6-16-4-2-1-3-5-16)18-14-20(18)8-11-22(12-9-20)17-7-13-24-15-17/h1-5,17-18H,6-15H2,(H,21,23). The molecule has 3 nitrogen and oxygen atoms in total. The summed E-state index contributed by atoms with van der Waals surface area (Å²) < 4.78 is 0. The van der Waals surface area contributed by atoms with Crippen molar-refractivity contribution in [2.75, 3.05) is 31.1 Å². The molecule has 2 unspecified atom stereocenters. The maximum absolute atomic E-state index is 12.5. The summed E-state index contributed by atoms with van der Waals surface area (Å²) >= 11 is 2.10. The number of amides is 1. The number of nitrogens with one attached hydrogen (secondary N) is 1. The van der Waals surface area contributed by atoms with Gasteiger partial charge in [-0.1, -0.05) is 30.3 Å². The van der Waals surface area contributed by atoms with Crippen LogP contribution in [-0.4, -0.2) is 48.0 Å². The first-order chi connectivity index (χ1) is 11.8. The van der Waals surface area contributed by atoms with E-state index in [0.717, 1.165) is 25.4 Å². The zero-order valence-electron chi connectivity index (χ0n) is 14.4. The van der Waals surface area contributed by atoms with Crippen molar-refractivity contribution in [3.05, 3.63) is 35.9 Å². The van der Waals surface area contributed by atoms with E-state index < -0.39 is 0 Å². The van der Waals surface area contributed by atoms with Crippen molar-refractivity contribution in [3.63, 3.8) is 0 Å². The van der Waals surface area contributed by atoms with E-state index in [4.69, 9.17) is 0 Å². The van der Waals surface area contributed by atoms with Crippen LogP contribution in [-0.2, 0) is 11.2 Å². The summed E-state index contributed by atoms with van der Waals surface area (Å²) in [5.74, 6) is 3.24. The molecule has 4 heteroatoms. The Morgan fingerprint density at radius 3 is 2.75 bits per heavy atom. The van der Waals surface area contributed by atoms with E-state index in [9.17, 15) is 4.79 Å². The Hall–Kier alpha value is -1.00. The van der Waals surface area contributed by atoms with Gasteiger partial charge in [-0.25, -0.2) is 0 Å². The third-order valence-electron chi connectivity index (χ3n) is 6.28. The molecule has 0 aromatic heterocycles. The highest BCUT2D eigenvalue weighted by molar-refractivity contribution is 7.99. The van der Waals surface area contributed by atoms with Crippen molar-refractivity contribution in [1.82, 2.24) is 10.2 Å². The van der Waals surface area contributed by atoms with E-state index in [1.165, 1.54) is 49.4 Å². The summed E-state index contributed by atoms with van der Waals surface area (Å²) in [6.45, 7) is 3.18. The predicted molar refractivity (Wildman–Crippen MR) is 100 cm³/mol. The average Bonchev–Trinajstić information content (AvgIpc) is 3.06. The van der Waals surface area contributed by atoms with Crippen LogP contribution in [0.25, 0.3) is 0 Å². The zero-order chi connectivity index (χ0) is 16.4. The van der Waals surface area contributed by atoms with Crippen molar-refractivity contribution in [1.29, 1.82) is 0 Å². The number of carbonyl (C=O) groups excluding carboxylic acids is 1. The van der Waals surface area contributed by atoms with Gasteiger partial charge in [0.25, 0.3) is 0 Å². The van der Waals surface area contributed by atoms with Crippen molar-refractivity contribution in [2.45, 2.75) is 38.1 Å². The van der Waals surface area contributed by atoms with Crippen LogP contribution >= 0.6 is 11.8 Å². The number of nitrogens with zero attached hydrogens (tertiary/aromatic N) is 1. The van der Waals surface area contributed by atoms with Crippen molar-refractivity contribution >= 4 is 17.7 Å². The first-order valence-electron chi connectivity index (χ1n) is 9.40. The van der Waals surface area contributed by atoms with E-state index in [1.807, 2.05) is 6.07 Å². The molecule has 1 saturated carbocycles. The largest absolute Gasteiger partial charge is 0.356 e. The molecular formula is C20H28N2OS. The van der Waals surface area contributed by atoms with Gasteiger partial charge in [-0.15, -0.1) is 0 Å². The molecule has 2 atom stereocenters. The first kappa shape index (κ1) is 16.5. The number of thioether (sulfide) groups is 1. The minimum Gasteiger partial charge on any atom is -0.356 e. The monoisotopic (exact) mass is 344 g/mol. The van der Waals surface area contributed by atoms with Crippen LogP contribution in [0.3, 0.4) is 0 Å². The molecule has 2 saturated heterocycles. The number of rotatable bonds is 5. The Kier molecular flexibility index (Phi) is 4.86. The van der Waals surface area contributed by atoms with Gasteiger partial charge in [0, 0.05) is 24.3 Å². The molecule has 2 heterocycles. The van der Waals surface area contributed by atoms with Gasteiger partial charge < -0.3 is 5.32 Å². The predicted octanol–water partition coefficient (Wildman–Crippen LogP) is 2.95. The van der Waals surface area contributed by atoms with Gasteiger partial charge >= 0.3 is 0 Å². The van der Waals surface area contributed by atoms with Gasteiger partial charge in [-0.2, -0.15) is 11.8 Å². The number of hydrogen-bond donors (Lipinski definition) is 1. The van der Waals surface area contributed by atoms with Gasteiger partial charge in [0.2, 0.25) is 5.91 Å². The molecular weight excluding hydrogens is 316 g/mol. The highest BCUT2D eigenvalue weighted by Crippen LogP contribution is 2.59. The topological polar surface area (TPSA) is 32.3 Å². The Labute approximate surface area is 149 Å². The van der Waals surface area contributed by atoms with E-state index in [2.05, 4.69) is 46.2 Å². The fourth-order valence-corrected chi connectivity index (χ4v) is 5.77. The van der Waals surface area contributed by atoms with Crippen molar-refractivity contribution < 1.29 is 4.79 Å². The number of likely N-dealkylation sites (tertiary alicyclic amines) is 1. The quantitative estimate of drug-likeness (QED) is 0.891. The molecule has 3 fully saturated rings. The second kappa shape index (κ2) is 7.09. The second-order valence-corrected chi connectivity index (χ2v) is 8.85. The first-order valence-corrected chi connectivity index (χ1v) is 10.6. The zero-order valence-corrected chi connectivity index (χ0v) is 15.2. The smallest absolute Gasteiger partial charge is 0.223 e. The molecule has 2 aliphatic heterocycles. The molecule has 1 aliphatic carbocycles. The summed E-state index contributed by atoms with van der Waals surface area (Å²) in [4.78, 5) is 15.2. The van der Waals surface area contributed by atoms with E-state index >= 15 is 0 Å². The molecule has 3 aliphatic rings. The summed E-state index contributed by atoms with van der Waals surface area (Å²) in [6.07, 6.45) is 5.87. The molecule has 1 N–H and O–H groups in total. The normalized spacial score (nSPS) is 28.8. The van der Waals surface area contributed by atoms with Crippen LogP contribution in [0.15, 0.2) is 30.3 Å². The fourth-order valence-electron chi connectivity index (χ4n) is 4.51. The highest BCUT2D eigenvalue weighted by Gasteiger charge is 2.58. The van der Waals surface area contributed by atoms with Gasteiger partial charge in [0.05, 0.1) is 0 Å². The summed E-state index contributed by atoms with van der Waals surface area (Å²) in [5, 5.41) is 3.18. The lowest BCUT2D eigenvalue weighted by molar-refractivity contribution is -0.123. The lowest BCUT2D eigenvalue weighted by Crippen LogP contribution is -2.43. The van der Waals surface area contributed by atoms with Crippen LogP contribution in [0.4, 0.5) is 0 Å². The molecule has 1 aromatic carbocycles. The molecule has 1 amide bonds. The van der Waals surface area contributed by atoms with E-state index in [-0.39, 0.29) is 5.92 Å². The second-order valence-electron chi connectivity index (χ2n) is 7.70. The minimum absolute atomic E-state index is 0.286. The minimum atomic E-state index is 0.286. The van der Waals surface area contributed by atoms with Crippen LogP contribution < -0.4 is 5.32 Å². The molecule has 1 spiro atoms. The number of piperidine rings is 1. The summed E-state index contributed by atoms with van der Waals surface area (Å²) in [5.41, 5.74) is 1.64. The number of hydrogen-bond acceptors (Lipinski definition) is 3. The Morgan fingerprint density at radius 1 is 1.25 bits per heavy atom.